The molecule has 1 atom stereocenters. The van der Waals surface area contributed by atoms with Crippen LogP contribution in [0.15, 0.2) is 36.5 Å². The summed E-state index contributed by atoms with van der Waals surface area (Å²) < 4.78 is 41.1. The topological polar surface area (TPSA) is 95.5 Å². The van der Waals surface area contributed by atoms with E-state index in [1.54, 1.807) is 12.1 Å². The summed E-state index contributed by atoms with van der Waals surface area (Å²) in [5, 5.41) is 18.0. The highest BCUT2D eigenvalue weighted by molar-refractivity contribution is 6.14. The molecule has 1 fully saturated rings. The number of nitrogens with one attached hydrogen (secondary N) is 1. The molecule has 2 heterocycles. The maximum absolute atomic E-state index is 12.4. The zero-order valence-electron chi connectivity index (χ0n) is 13.6. The minimum Gasteiger partial charge on any atom is -0.406 e. The van der Waals surface area contributed by atoms with Gasteiger partial charge < -0.3 is 20.5 Å². The van der Waals surface area contributed by atoms with Crippen LogP contribution in [0.3, 0.4) is 0 Å². The molecule has 0 unspecified atom stereocenters. The average molecular weight is 366 g/mol. The van der Waals surface area contributed by atoms with Gasteiger partial charge in [0.1, 0.15) is 11.6 Å². The highest BCUT2D eigenvalue weighted by Crippen LogP contribution is 2.28. The van der Waals surface area contributed by atoms with Crippen molar-refractivity contribution in [1.29, 1.82) is 5.41 Å². The molecule has 26 heavy (non-hydrogen) atoms. The van der Waals surface area contributed by atoms with Crippen LogP contribution in [-0.2, 0) is 0 Å². The first-order valence-corrected chi connectivity index (χ1v) is 7.86. The number of rotatable bonds is 4. The van der Waals surface area contributed by atoms with Gasteiger partial charge in [-0.3, -0.25) is 5.41 Å². The van der Waals surface area contributed by atoms with Crippen molar-refractivity contribution in [3.8, 4) is 5.75 Å². The Morgan fingerprint density at radius 3 is 2.73 bits per heavy atom. The normalized spacial score (nSPS) is 17.4. The number of ether oxygens (including phenoxy) is 1. The van der Waals surface area contributed by atoms with E-state index < -0.39 is 18.2 Å². The Labute approximate surface area is 147 Å². The van der Waals surface area contributed by atoms with Crippen molar-refractivity contribution in [2.24, 2.45) is 0 Å². The van der Waals surface area contributed by atoms with Crippen LogP contribution in [0.25, 0.3) is 0 Å². The molecule has 0 spiro atoms. The van der Waals surface area contributed by atoms with Crippen molar-refractivity contribution >= 4 is 17.2 Å². The van der Waals surface area contributed by atoms with Gasteiger partial charge in [0.05, 0.1) is 11.8 Å². The summed E-state index contributed by atoms with van der Waals surface area (Å²) in [5.74, 6) is 0.147. The predicted molar refractivity (Wildman–Crippen MR) is 90.5 cm³/mol. The first-order chi connectivity index (χ1) is 12.2. The maximum Gasteiger partial charge on any atom is 0.573 e. The number of nitrogens with zero attached hydrogens (tertiary/aromatic N) is 2. The van der Waals surface area contributed by atoms with E-state index in [4.69, 9.17) is 11.1 Å². The summed E-state index contributed by atoms with van der Waals surface area (Å²) in [5.41, 5.74) is 6.54. The van der Waals surface area contributed by atoms with Crippen LogP contribution in [-0.4, -0.2) is 41.4 Å². The fourth-order valence-electron chi connectivity index (χ4n) is 2.80. The van der Waals surface area contributed by atoms with Gasteiger partial charge in [0.15, 0.2) is 0 Å². The summed E-state index contributed by atoms with van der Waals surface area (Å²) in [7, 11) is 0. The van der Waals surface area contributed by atoms with E-state index in [1.165, 1.54) is 12.3 Å². The largest absolute Gasteiger partial charge is 0.573 e. The van der Waals surface area contributed by atoms with Gasteiger partial charge in [0, 0.05) is 36.1 Å². The van der Waals surface area contributed by atoms with Crippen molar-refractivity contribution in [1.82, 2.24) is 4.98 Å². The Balaban J connectivity index is 1.88. The van der Waals surface area contributed by atoms with Gasteiger partial charge in [-0.25, -0.2) is 4.98 Å². The number of benzene rings is 1. The molecule has 138 valence electrons. The lowest BCUT2D eigenvalue weighted by Gasteiger charge is -2.18. The van der Waals surface area contributed by atoms with Crippen molar-refractivity contribution in [2.75, 3.05) is 23.7 Å². The Morgan fingerprint density at radius 1 is 1.31 bits per heavy atom. The van der Waals surface area contributed by atoms with Gasteiger partial charge in [-0.05, 0) is 36.8 Å². The second kappa shape index (κ2) is 6.83. The number of hydrogen-bond donors (Lipinski definition) is 3. The number of anilines is 2. The molecule has 0 aliphatic carbocycles. The SMILES string of the molecule is N=C(c1ccnc(N2CC[C@@H](O)C2)c1)c1cc(OC(F)(F)F)ccc1N. The maximum atomic E-state index is 12.4. The fourth-order valence-corrected chi connectivity index (χ4v) is 2.80. The first kappa shape index (κ1) is 18.0. The monoisotopic (exact) mass is 366 g/mol. The Morgan fingerprint density at radius 2 is 2.08 bits per heavy atom. The number of hydrogen-bond acceptors (Lipinski definition) is 6. The van der Waals surface area contributed by atoms with E-state index in [-0.39, 0.29) is 17.0 Å². The fraction of sp³-hybridized carbons (Fsp3) is 0.294. The molecule has 9 heteroatoms. The third-order valence-electron chi connectivity index (χ3n) is 4.05. The second-order valence-corrected chi connectivity index (χ2v) is 5.96. The van der Waals surface area contributed by atoms with Gasteiger partial charge >= 0.3 is 6.36 Å². The molecule has 1 aliphatic heterocycles. The molecule has 1 aromatic heterocycles. The molecule has 1 saturated heterocycles. The molecule has 0 amide bonds. The van der Waals surface area contributed by atoms with Crippen molar-refractivity contribution in [2.45, 2.75) is 18.9 Å². The lowest BCUT2D eigenvalue weighted by molar-refractivity contribution is -0.274. The Kier molecular flexibility index (Phi) is 4.73. The van der Waals surface area contributed by atoms with Crippen LogP contribution in [0.2, 0.25) is 0 Å². The number of nitrogen functional groups attached to an aromatic ring is 1. The number of nitrogens with two attached hydrogens (primary N) is 1. The molecule has 1 aromatic carbocycles. The minimum absolute atomic E-state index is 0.0430. The van der Waals surface area contributed by atoms with Gasteiger partial charge in [-0.1, -0.05) is 0 Å². The number of alkyl halides is 3. The van der Waals surface area contributed by atoms with Crippen LogP contribution in [0.5, 0.6) is 5.75 Å². The van der Waals surface area contributed by atoms with E-state index in [0.29, 0.717) is 30.9 Å². The summed E-state index contributed by atoms with van der Waals surface area (Å²) in [6, 6.07) is 6.68. The van der Waals surface area contributed by atoms with Crippen molar-refractivity contribution in [3.05, 3.63) is 47.7 Å². The molecular formula is C17H17F3N4O2. The van der Waals surface area contributed by atoms with Gasteiger partial charge in [0.2, 0.25) is 0 Å². The number of pyridine rings is 1. The molecular weight excluding hydrogens is 349 g/mol. The average Bonchev–Trinajstić information content (AvgIpc) is 3.01. The Bertz CT molecular complexity index is 826. The molecule has 4 N–H and O–H groups in total. The Hall–Kier alpha value is -2.81. The highest BCUT2D eigenvalue weighted by Gasteiger charge is 2.31. The smallest absolute Gasteiger partial charge is 0.406 e. The van der Waals surface area contributed by atoms with E-state index in [9.17, 15) is 18.3 Å². The molecule has 0 saturated carbocycles. The summed E-state index contributed by atoms with van der Waals surface area (Å²) >= 11 is 0. The van der Waals surface area contributed by atoms with Crippen LogP contribution in [0, 0.1) is 5.41 Å². The molecule has 1 aliphatic rings. The van der Waals surface area contributed by atoms with Crippen LogP contribution >= 0.6 is 0 Å². The second-order valence-electron chi connectivity index (χ2n) is 5.96. The van der Waals surface area contributed by atoms with Gasteiger partial charge in [0.25, 0.3) is 0 Å². The van der Waals surface area contributed by atoms with Crippen LogP contribution < -0.4 is 15.4 Å². The molecule has 6 nitrogen and oxygen atoms in total. The number of aromatic nitrogens is 1. The van der Waals surface area contributed by atoms with E-state index in [1.807, 2.05) is 4.90 Å². The van der Waals surface area contributed by atoms with Crippen molar-refractivity contribution < 1.29 is 23.0 Å². The third-order valence-corrected chi connectivity index (χ3v) is 4.05. The lowest BCUT2D eigenvalue weighted by Crippen LogP contribution is -2.22. The summed E-state index contributed by atoms with van der Waals surface area (Å²) in [4.78, 5) is 6.12. The van der Waals surface area contributed by atoms with E-state index in [0.717, 1.165) is 12.1 Å². The number of aliphatic hydroxyl groups is 1. The summed E-state index contributed by atoms with van der Waals surface area (Å²) in [6.07, 6.45) is -3.11. The molecule has 2 aromatic rings. The quantitative estimate of drug-likeness (QED) is 0.571. The standard InChI is InChI=1S/C17H17F3N4O2/c18-17(19,20)26-12-1-2-14(21)13(8-12)16(22)10-3-5-23-15(7-10)24-6-4-11(25)9-24/h1-3,5,7-8,11,22,25H,4,6,9,21H2/t11-/m1/s1. The first-order valence-electron chi connectivity index (χ1n) is 7.86. The zero-order valence-corrected chi connectivity index (χ0v) is 13.6. The minimum atomic E-state index is -4.82. The molecule has 3 rings (SSSR count). The van der Waals surface area contributed by atoms with Gasteiger partial charge in [-0.15, -0.1) is 13.2 Å². The number of β-amino-alcohol motifs (C(OH)–C–C–N with tert-alkyl or cyclic N) is 1. The molecule has 0 radical (unpaired) electrons. The highest BCUT2D eigenvalue weighted by atomic mass is 19.4. The molecule has 0 bridgehead atoms. The zero-order chi connectivity index (χ0) is 18.9. The third kappa shape index (κ3) is 4.05. The number of halogens is 3. The van der Waals surface area contributed by atoms with E-state index in [2.05, 4.69) is 9.72 Å². The van der Waals surface area contributed by atoms with Gasteiger partial charge in [-0.2, -0.15) is 0 Å². The number of aliphatic hydroxyl groups excluding tert-OH is 1. The van der Waals surface area contributed by atoms with Crippen LogP contribution in [0.4, 0.5) is 24.7 Å². The van der Waals surface area contributed by atoms with Crippen LogP contribution in [0.1, 0.15) is 17.5 Å². The predicted octanol–water partition coefficient (Wildman–Crippen LogP) is 2.55. The van der Waals surface area contributed by atoms with E-state index >= 15 is 0 Å². The summed E-state index contributed by atoms with van der Waals surface area (Å²) in [6.45, 7) is 1.09. The van der Waals surface area contributed by atoms with Crippen molar-refractivity contribution in [3.63, 3.8) is 0 Å². The lowest BCUT2D eigenvalue weighted by atomic mass is 10.0.